The van der Waals surface area contributed by atoms with Crippen LogP contribution in [0.15, 0.2) is 18.3 Å². The maximum atomic E-state index is 10.6. The first-order valence-corrected chi connectivity index (χ1v) is 4.34. The molecule has 1 N–H and O–H groups in total. The Bertz CT molecular complexity index is 331. The van der Waals surface area contributed by atoms with E-state index in [9.17, 15) is 4.79 Å². The number of carbonyl (C=O) groups is 1. The number of pyridine rings is 1. The number of hydrogen-bond acceptors (Lipinski definition) is 2. The number of aromatic nitrogens is 1. The predicted molar refractivity (Wildman–Crippen MR) is 47.5 cm³/mol. The van der Waals surface area contributed by atoms with Crippen LogP contribution in [0.5, 0.6) is 0 Å². The van der Waals surface area contributed by atoms with Gasteiger partial charge in [-0.1, -0.05) is 6.07 Å². The first-order chi connectivity index (χ1) is 6.18. The highest BCUT2D eigenvalue weighted by Crippen LogP contribution is 2.46. The molecule has 0 unspecified atom stereocenters. The number of aliphatic carboxylic acids is 1. The number of hydrogen-bond donors (Lipinski definition) is 1. The van der Waals surface area contributed by atoms with Crippen molar-refractivity contribution < 1.29 is 9.90 Å². The van der Waals surface area contributed by atoms with Crippen molar-refractivity contribution >= 4 is 5.97 Å². The summed E-state index contributed by atoms with van der Waals surface area (Å²) in [6.45, 7) is 1.97. The second-order valence-electron chi connectivity index (χ2n) is 3.55. The highest BCUT2D eigenvalue weighted by atomic mass is 16.4. The Balaban J connectivity index is 2.12. The molecule has 1 aromatic rings. The highest BCUT2D eigenvalue weighted by Gasteiger charge is 2.44. The third-order valence-corrected chi connectivity index (χ3v) is 2.42. The molecular weight excluding hydrogens is 166 g/mol. The molecule has 1 aliphatic rings. The number of aryl methyl sites for hydroxylation is 1. The summed E-state index contributed by atoms with van der Waals surface area (Å²) >= 11 is 0. The number of nitrogens with zero attached hydrogens (tertiary/aromatic N) is 1. The van der Waals surface area contributed by atoms with E-state index in [1.807, 2.05) is 19.1 Å². The van der Waals surface area contributed by atoms with Gasteiger partial charge in [-0.15, -0.1) is 0 Å². The van der Waals surface area contributed by atoms with Gasteiger partial charge in [0.25, 0.3) is 0 Å². The van der Waals surface area contributed by atoms with E-state index < -0.39 is 5.97 Å². The van der Waals surface area contributed by atoms with E-state index in [0.29, 0.717) is 0 Å². The lowest BCUT2D eigenvalue weighted by atomic mass is 10.2. The van der Waals surface area contributed by atoms with Gasteiger partial charge in [-0.3, -0.25) is 9.78 Å². The third-order valence-electron chi connectivity index (χ3n) is 2.42. The van der Waals surface area contributed by atoms with Crippen molar-refractivity contribution in [1.29, 1.82) is 0 Å². The van der Waals surface area contributed by atoms with Crippen molar-refractivity contribution in [2.24, 2.45) is 5.92 Å². The zero-order valence-corrected chi connectivity index (χ0v) is 7.40. The molecule has 0 amide bonds. The van der Waals surface area contributed by atoms with Crippen LogP contribution in [0.25, 0.3) is 0 Å². The van der Waals surface area contributed by atoms with E-state index in [1.54, 1.807) is 6.20 Å². The van der Waals surface area contributed by atoms with E-state index in [2.05, 4.69) is 4.98 Å². The first-order valence-electron chi connectivity index (χ1n) is 4.34. The molecule has 3 heteroatoms. The van der Waals surface area contributed by atoms with Crippen molar-refractivity contribution in [2.75, 3.05) is 0 Å². The topological polar surface area (TPSA) is 50.2 Å². The second kappa shape index (κ2) is 2.83. The molecule has 1 aromatic heterocycles. The molecule has 2 rings (SSSR count). The third kappa shape index (κ3) is 1.54. The largest absolute Gasteiger partial charge is 0.481 e. The fourth-order valence-electron chi connectivity index (χ4n) is 1.49. The summed E-state index contributed by atoms with van der Waals surface area (Å²) in [5.74, 6) is -0.749. The quantitative estimate of drug-likeness (QED) is 0.746. The van der Waals surface area contributed by atoms with Gasteiger partial charge in [-0.05, 0) is 25.0 Å². The Morgan fingerprint density at radius 1 is 1.62 bits per heavy atom. The maximum absolute atomic E-state index is 10.6. The molecular formula is C10H11NO2. The lowest BCUT2D eigenvalue weighted by molar-refractivity contribution is -0.138. The van der Waals surface area contributed by atoms with Crippen molar-refractivity contribution in [3.63, 3.8) is 0 Å². The predicted octanol–water partition coefficient (Wildman–Crippen LogP) is 1.58. The zero-order chi connectivity index (χ0) is 9.42. The van der Waals surface area contributed by atoms with E-state index in [4.69, 9.17) is 5.11 Å². The van der Waals surface area contributed by atoms with Crippen molar-refractivity contribution in [3.05, 3.63) is 29.6 Å². The molecule has 13 heavy (non-hydrogen) atoms. The minimum atomic E-state index is -0.702. The first kappa shape index (κ1) is 8.23. The Morgan fingerprint density at radius 2 is 2.38 bits per heavy atom. The molecule has 0 spiro atoms. The van der Waals surface area contributed by atoms with Gasteiger partial charge in [0.1, 0.15) is 0 Å². The molecule has 2 atom stereocenters. The summed E-state index contributed by atoms with van der Waals surface area (Å²) in [7, 11) is 0. The van der Waals surface area contributed by atoms with Crippen LogP contribution < -0.4 is 0 Å². The van der Waals surface area contributed by atoms with E-state index >= 15 is 0 Å². The van der Waals surface area contributed by atoms with Gasteiger partial charge in [0, 0.05) is 17.8 Å². The smallest absolute Gasteiger partial charge is 0.307 e. The average molecular weight is 177 g/mol. The Kier molecular flexibility index (Phi) is 1.79. The molecule has 1 heterocycles. The van der Waals surface area contributed by atoms with Crippen molar-refractivity contribution in [3.8, 4) is 0 Å². The van der Waals surface area contributed by atoms with Crippen LogP contribution in [-0.2, 0) is 4.79 Å². The van der Waals surface area contributed by atoms with Gasteiger partial charge in [0.05, 0.1) is 5.92 Å². The summed E-state index contributed by atoms with van der Waals surface area (Å²) in [5.41, 5.74) is 2.02. The Labute approximate surface area is 76.4 Å². The lowest BCUT2D eigenvalue weighted by Crippen LogP contribution is -1.99. The molecule has 68 valence electrons. The fourth-order valence-corrected chi connectivity index (χ4v) is 1.49. The van der Waals surface area contributed by atoms with Crippen molar-refractivity contribution in [1.82, 2.24) is 4.98 Å². The van der Waals surface area contributed by atoms with Gasteiger partial charge < -0.3 is 5.11 Å². The average Bonchev–Trinajstić information content (AvgIpc) is 2.85. The number of carboxylic acid groups (broad SMARTS) is 1. The van der Waals surface area contributed by atoms with Gasteiger partial charge >= 0.3 is 5.97 Å². The normalized spacial score (nSPS) is 25.6. The van der Waals surface area contributed by atoms with Crippen LogP contribution in [-0.4, -0.2) is 16.1 Å². The fraction of sp³-hybridized carbons (Fsp3) is 0.400. The summed E-state index contributed by atoms with van der Waals surface area (Å²) in [5, 5.41) is 8.71. The molecule has 3 nitrogen and oxygen atoms in total. The molecule has 0 bridgehead atoms. The molecule has 0 saturated heterocycles. The molecule has 1 saturated carbocycles. The highest BCUT2D eigenvalue weighted by molar-refractivity contribution is 5.75. The van der Waals surface area contributed by atoms with Crippen LogP contribution >= 0.6 is 0 Å². The Hall–Kier alpha value is -1.38. The van der Waals surface area contributed by atoms with E-state index in [0.717, 1.165) is 17.7 Å². The van der Waals surface area contributed by atoms with E-state index in [1.165, 1.54) is 0 Å². The minimum absolute atomic E-state index is 0.151. The maximum Gasteiger partial charge on any atom is 0.307 e. The van der Waals surface area contributed by atoms with Crippen LogP contribution in [0.3, 0.4) is 0 Å². The summed E-state index contributed by atoms with van der Waals surface area (Å²) in [6, 6.07) is 3.89. The molecule has 1 fully saturated rings. The van der Waals surface area contributed by atoms with Crippen LogP contribution in [0, 0.1) is 12.8 Å². The SMILES string of the molecule is Cc1ccc([C@@H]2C[C@@H]2C(=O)O)nc1. The summed E-state index contributed by atoms with van der Waals surface area (Å²) in [4.78, 5) is 14.8. The van der Waals surface area contributed by atoms with Crippen LogP contribution in [0.4, 0.5) is 0 Å². The minimum Gasteiger partial charge on any atom is -0.481 e. The van der Waals surface area contributed by atoms with Crippen molar-refractivity contribution in [2.45, 2.75) is 19.3 Å². The molecule has 0 aromatic carbocycles. The molecule has 1 aliphatic carbocycles. The Morgan fingerprint density at radius 3 is 2.85 bits per heavy atom. The van der Waals surface area contributed by atoms with Crippen LogP contribution in [0.1, 0.15) is 23.6 Å². The van der Waals surface area contributed by atoms with Gasteiger partial charge in [0.15, 0.2) is 0 Å². The molecule has 0 radical (unpaired) electrons. The number of rotatable bonds is 2. The van der Waals surface area contributed by atoms with Gasteiger partial charge in [0.2, 0.25) is 0 Å². The lowest BCUT2D eigenvalue weighted by Gasteiger charge is -1.97. The summed E-state index contributed by atoms with van der Waals surface area (Å²) in [6.07, 6.45) is 2.53. The molecule has 0 aliphatic heterocycles. The zero-order valence-electron chi connectivity index (χ0n) is 7.40. The van der Waals surface area contributed by atoms with Gasteiger partial charge in [-0.2, -0.15) is 0 Å². The van der Waals surface area contributed by atoms with E-state index in [-0.39, 0.29) is 11.8 Å². The van der Waals surface area contributed by atoms with Gasteiger partial charge in [-0.25, -0.2) is 0 Å². The number of carboxylic acids is 1. The standard InChI is InChI=1S/C10H11NO2/c1-6-2-3-9(11-5-6)7-4-8(7)10(12)13/h2-3,5,7-8H,4H2,1H3,(H,12,13)/t7-,8+/m1/s1. The second-order valence-corrected chi connectivity index (χ2v) is 3.55. The van der Waals surface area contributed by atoms with Crippen LogP contribution in [0.2, 0.25) is 0 Å². The monoisotopic (exact) mass is 177 g/mol. The summed E-state index contributed by atoms with van der Waals surface area (Å²) < 4.78 is 0.